The summed E-state index contributed by atoms with van der Waals surface area (Å²) in [5.41, 5.74) is 6.86. The number of rotatable bonds is 4. The molecule has 0 aliphatic carbocycles. The lowest BCUT2D eigenvalue weighted by Crippen LogP contribution is -2.04. The number of nitrogens with two attached hydrogens (primary N) is 1. The lowest BCUT2D eigenvalue weighted by molar-refractivity contribution is 0.0600. The number of hydrogen-bond donors (Lipinski definition) is 2. The van der Waals surface area contributed by atoms with Crippen molar-refractivity contribution >= 4 is 23.7 Å². The largest absolute Gasteiger partial charge is 0.465 e. The van der Waals surface area contributed by atoms with Gasteiger partial charge in [-0.15, -0.1) is 5.10 Å². The highest BCUT2D eigenvalue weighted by Gasteiger charge is 2.11. The molecule has 0 saturated carbocycles. The summed E-state index contributed by atoms with van der Waals surface area (Å²) in [4.78, 5) is 15.5. The Labute approximate surface area is 108 Å². The molecular formula is C11H12N4O2S. The first-order chi connectivity index (χ1) is 8.70. The van der Waals surface area contributed by atoms with Crippen LogP contribution in [-0.4, -0.2) is 28.3 Å². The zero-order chi connectivity index (χ0) is 13.0. The third-order valence-electron chi connectivity index (χ3n) is 2.26. The maximum atomic E-state index is 11.6. The third-order valence-corrected chi connectivity index (χ3v) is 3.16. The number of hydrogen-bond acceptors (Lipinski definition) is 6. The van der Waals surface area contributed by atoms with Gasteiger partial charge >= 0.3 is 5.97 Å². The molecule has 0 radical (unpaired) electrons. The molecule has 2 aromatic rings. The normalized spacial score (nSPS) is 10.3. The van der Waals surface area contributed by atoms with Crippen LogP contribution in [0.15, 0.2) is 29.4 Å². The van der Waals surface area contributed by atoms with Crippen LogP contribution in [0.4, 0.5) is 5.95 Å². The van der Waals surface area contributed by atoms with Gasteiger partial charge in [0.2, 0.25) is 11.1 Å². The number of H-pyrrole nitrogens is 1. The molecule has 1 aromatic carbocycles. The summed E-state index contributed by atoms with van der Waals surface area (Å²) in [6.45, 7) is 0. The summed E-state index contributed by atoms with van der Waals surface area (Å²) < 4.78 is 4.73. The Morgan fingerprint density at radius 1 is 1.50 bits per heavy atom. The van der Waals surface area contributed by atoms with E-state index in [0.29, 0.717) is 16.5 Å². The summed E-state index contributed by atoms with van der Waals surface area (Å²) in [7, 11) is 1.36. The average molecular weight is 264 g/mol. The van der Waals surface area contributed by atoms with Gasteiger partial charge in [0.1, 0.15) is 0 Å². The highest BCUT2D eigenvalue weighted by atomic mass is 32.2. The van der Waals surface area contributed by atoms with Crippen molar-refractivity contribution in [1.82, 2.24) is 15.2 Å². The van der Waals surface area contributed by atoms with Crippen LogP contribution in [0.5, 0.6) is 0 Å². The molecule has 18 heavy (non-hydrogen) atoms. The molecule has 7 heteroatoms. The van der Waals surface area contributed by atoms with Crippen LogP contribution in [0.2, 0.25) is 0 Å². The van der Waals surface area contributed by atoms with Gasteiger partial charge in [-0.3, -0.25) is 0 Å². The number of carbonyl (C=O) groups is 1. The second-order valence-corrected chi connectivity index (χ2v) is 4.38. The van der Waals surface area contributed by atoms with Gasteiger partial charge in [-0.05, 0) is 11.6 Å². The van der Waals surface area contributed by atoms with Crippen molar-refractivity contribution in [2.24, 2.45) is 0 Å². The van der Waals surface area contributed by atoms with Crippen molar-refractivity contribution in [2.45, 2.75) is 10.9 Å². The van der Waals surface area contributed by atoms with Crippen LogP contribution in [0.25, 0.3) is 0 Å². The van der Waals surface area contributed by atoms with E-state index in [1.165, 1.54) is 18.9 Å². The number of nitrogens with one attached hydrogen (secondary N) is 1. The first-order valence-electron chi connectivity index (χ1n) is 5.17. The molecule has 94 valence electrons. The fourth-order valence-electron chi connectivity index (χ4n) is 1.42. The topological polar surface area (TPSA) is 93.9 Å². The minimum Gasteiger partial charge on any atom is -0.465 e. The van der Waals surface area contributed by atoms with E-state index in [4.69, 9.17) is 10.5 Å². The van der Waals surface area contributed by atoms with Gasteiger partial charge in [-0.2, -0.15) is 4.98 Å². The highest BCUT2D eigenvalue weighted by Crippen LogP contribution is 2.22. The number of methoxy groups -OCH3 is 1. The zero-order valence-electron chi connectivity index (χ0n) is 9.71. The molecule has 1 heterocycles. The average Bonchev–Trinajstić information content (AvgIpc) is 2.81. The monoisotopic (exact) mass is 264 g/mol. The molecular weight excluding hydrogens is 252 g/mol. The van der Waals surface area contributed by atoms with Crippen LogP contribution >= 0.6 is 11.8 Å². The van der Waals surface area contributed by atoms with Crippen molar-refractivity contribution in [3.8, 4) is 0 Å². The molecule has 2 rings (SSSR count). The number of aromatic nitrogens is 3. The summed E-state index contributed by atoms with van der Waals surface area (Å²) in [5, 5.41) is 7.02. The number of thioether (sulfide) groups is 1. The van der Waals surface area contributed by atoms with Crippen molar-refractivity contribution in [1.29, 1.82) is 0 Å². The molecule has 0 aliphatic rings. The van der Waals surface area contributed by atoms with Crippen LogP contribution in [0, 0.1) is 0 Å². The standard InChI is InChI=1S/C11H12N4O2S/c1-17-9(16)8-5-3-2-4-7(8)6-18-11-13-10(12)14-15-11/h2-5H,6H2,1H3,(H3,12,13,14,15). The quantitative estimate of drug-likeness (QED) is 0.641. The molecule has 0 fully saturated rings. The first-order valence-corrected chi connectivity index (χ1v) is 6.16. The molecule has 6 nitrogen and oxygen atoms in total. The molecule has 0 saturated heterocycles. The van der Waals surface area contributed by atoms with Crippen molar-refractivity contribution in [3.63, 3.8) is 0 Å². The molecule has 1 aromatic heterocycles. The van der Waals surface area contributed by atoms with Gasteiger partial charge in [0.25, 0.3) is 0 Å². The minimum atomic E-state index is -0.347. The SMILES string of the molecule is COC(=O)c1ccccc1CSc1n[nH]c(N)n1. The first kappa shape index (κ1) is 12.4. The van der Waals surface area contributed by atoms with E-state index in [0.717, 1.165) is 5.56 Å². The van der Waals surface area contributed by atoms with Gasteiger partial charge in [0, 0.05) is 5.75 Å². The van der Waals surface area contributed by atoms with Gasteiger partial charge in [-0.25, -0.2) is 9.89 Å². The van der Waals surface area contributed by atoms with E-state index in [9.17, 15) is 4.79 Å². The number of benzene rings is 1. The van der Waals surface area contributed by atoms with E-state index >= 15 is 0 Å². The van der Waals surface area contributed by atoms with Crippen LogP contribution in [0.1, 0.15) is 15.9 Å². The molecule has 3 N–H and O–H groups in total. The molecule has 0 unspecified atom stereocenters. The molecule has 0 spiro atoms. The van der Waals surface area contributed by atoms with E-state index in [2.05, 4.69) is 15.2 Å². The van der Waals surface area contributed by atoms with Gasteiger partial charge in [0.05, 0.1) is 12.7 Å². The Kier molecular flexibility index (Phi) is 3.83. The Bertz CT molecular complexity index is 555. The van der Waals surface area contributed by atoms with Gasteiger partial charge in [-0.1, -0.05) is 30.0 Å². The zero-order valence-corrected chi connectivity index (χ0v) is 10.5. The lowest BCUT2D eigenvalue weighted by Gasteiger charge is -2.05. The van der Waals surface area contributed by atoms with Crippen molar-refractivity contribution < 1.29 is 9.53 Å². The number of esters is 1. The van der Waals surface area contributed by atoms with E-state index in [1.54, 1.807) is 12.1 Å². The Balaban J connectivity index is 2.11. The van der Waals surface area contributed by atoms with E-state index < -0.39 is 0 Å². The lowest BCUT2D eigenvalue weighted by atomic mass is 10.1. The number of nitrogens with zero attached hydrogens (tertiary/aromatic N) is 2. The van der Waals surface area contributed by atoms with Gasteiger partial charge < -0.3 is 10.5 Å². The number of carbonyl (C=O) groups excluding carboxylic acids is 1. The fourth-order valence-corrected chi connectivity index (χ4v) is 2.23. The van der Waals surface area contributed by atoms with E-state index in [1.807, 2.05) is 12.1 Å². The van der Waals surface area contributed by atoms with Crippen LogP contribution in [0.3, 0.4) is 0 Å². The molecule has 0 amide bonds. The van der Waals surface area contributed by atoms with Crippen molar-refractivity contribution in [3.05, 3.63) is 35.4 Å². The van der Waals surface area contributed by atoms with Gasteiger partial charge in [0.15, 0.2) is 0 Å². The van der Waals surface area contributed by atoms with Crippen LogP contribution in [-0.2, 0) is 10.5 Å². The molecule has 0 aliphatic heterocycles. The second-order valence-electron chi connectivity index (χ2n) is 3.44. The summed E-state index contributed by atoms with van der Waals surface area (Å²) in [5.74, 6) is 0.502. The van der Waals surface area contributed by atoms with Crippen LogP contribution < -0.4 is 5.73 Å². The summed E-state index contributed by atoms with van der Waals surface area (Å²) in [6, 6.07) is 7.27. The number of aromatic amines is 1. The predicted molar refractivity (Wildman–Crippen MR) is 68.1 cm³/mol. The highest BCUT2D eigenvalue weighted by molar-refractivity contribution is 7.98. The third kappa shape index (κ3) is 2.80. The second kappa shape index (κ2) is 5.54. The Morgan fingerprint density at radius 2 is 2.28 bits per heavy atom. The number of ether oxygens (including phenoxy) is 1. The summed E-state index contributed by atoms with van der Waals surface area (Å²) >= 11 is 1.40. The Morgan fingerprint density at radius 3 is 2.94 bits per heavy atom. The fraction of sp³-hybridized carbons (Fsp3) is 0.182. The number of anilines is 1. The minimum absolute atomic E-state index is 0.277. The number of nitrogen functional groups attached to an aromatic ring is 1. The molecule has 0 atom stereocenters. The molecule has 0 bridgehead atoms. The van der Waals surface area contributed by atoms with E-state index in [-0.39, 0.29) is 11.9 Å². The van der Waals surface area contributed by atoms with Crippen molar-refractivity contribution in [2.75, 3.05) is 12.8 Å². The summed E-state index contributed by atoms with van der Waals surface area (Å²) in [6.07, 6.45) is 0. The predicted octanol–water partition coefficient (Wildman–Crippen LogP) is 1.47. The smallest absolute Gasteiger partial charge is 0.338 e. The Hall–Kier alpha value is -2.02. The maximum Gasteiger partial charge on any atom is 0.338 e. The maximum absolute atomic E-state index is 11.6.